The highest BCUT2D eigenvalue weighted by molar-refractivity contribution is 6.21. The molecule has 0 saturated heterocycles. The number of rotatable bonds is 4. The molecule has 0 amide bonds. The van der Waals surface area contributed by atoms with E-state index in [0.717, 1.165) is 27.9 Å². The molecule has 0 radical (unpaired) electrons. The first-order valence-corrected chi connectivity index (χ1v) is 14.9. The molecule has 0 aliphatic carbocycles. The van der Waals surface area contributed by atoms with Crippen molar-refractivity contribution in [1.82, 2.24) is 9.55 Å². The van der Waals surface area contributed by atoms with E-state index in [1.807, 2.05) is 24.3 Å². The van der Waals surface area contributed by atoms with Crippen molar-refractivity contribution in [3.8, 4) is 39.4 Å². The molecule has 0 fully saturated rings. The Labute approximate surface area is 254 Å². The lowest BCUT2D eigenvalue weighted by molar-refractivity contribution is 0.620. The van der Waals surface area contributed by atoms with Gasteiger partial charge in [-0.1, -0.05) is 109 Å². The van der Waals surface area contributed by atoms with E-state index in [1.165, 1.54) is 49.3 Å². The average molecular weight is 563 g/mol. The van der Waals surface area contributed by atoms with Gasteiger partial charge in [-0.05, 0) is 76.0 Å². The van der Waals surface area contributed by atoms with Crippen LogP contribution < -0.4 is 0 Å². The topological polar surface area (TPSA) is 31.0 Å². The summed E-state index contributed by atoms with van der Waals surface area (Å²) in [6.45, 7) is 0. The van der Waals surface area contributed by atoms with Crippen LogP contribution in [0.15, 0.2) is 162 Å². The van der Waals surface area contributed by atoms with Gasteiger partial charge in [-0.2, -0.15) is 0 Å². The maximum absolute atomic E-state index is 6.08. The van der Waals surface area contributed by atoms with Crippen LogP contribution in [0.3, 0.4) is 0 Å². The average Bonchev–Trinajstić information content (AvgIpc) is 3.67. The third kappa shape index (κ3) is 3.87. The van der Waals surface area contributed by atoms with Crippen molar-refractivity contribution in [2.24, 2.45) is 0 Å². The first-order valence-electron chi connectivity index (χ1n) is 14.9. The number of nitrogens with zero attached hydrogens (tertiary/aromatic N) is 2. The monoisotopic (exact) mass is 562 g/mol. The molecule has 2 aromatic heterocycles. The maximum atomic E-state index is 6.08. The van der Waals surface area contributed by atoms with Crippen LogP contribution in [0.5, 0.6) is 0 Å². The van der Waals surface area contributed by atoms with Gasteiger partial charge in [-0.3, -0.25) is 0 Å². The highest BCUT2D eigenvalue weighted by atomic mass is 16.3. The second kappa shape index (κ2) is 9.82. The van der Waals surface area contributed by atoms with Crippen molar-refractivity contribution in [3.63, 3.8) is 0 Å². The second-order valence-electron chi connectivity index (χ2n) is 11.2. The zero-order valence-electron chi connectivity index (χ0n) is 23.8. The van der Waals surface area contributed by atoms with Gasteiger partial charge >= 0.3 is 0 Å². The van der Waals surface area contributed by atoms with Crippen LogP contribution in [0.4, 0.5) is 0 Å². The number of para-hydroxylation sites is 3. The van der Waals surface area contributed by atoms with Gasteiger partial charge in [0, 0.05) is 27.6 Å². The van der Waals surface area contributed by atoms with Gasteiger partial charge in [0.05, 0.1) is 11.0 Å². The minimum atomic E-state index is 0.633. The van der Waals surface area contributed by atoms with E-state index in [4.69, 9.17) is 9.40 Å². The van der Waals surface area contributed by atoms with Gasteiger partial charge in [-0.25, -0.2) is 4.98 Å². The number of hydrogen-bond donors (Lipinski definition) is 0. The Bertz CT molecular complexity index is 2430. The van der Waals surface area contributed by atoms with E-state index >= 15 is 0 Å². The Balaban J connectivity index is 1.29. The van der Waals surface area contributed by atoms with Crippen LogP contribution in [0, 0.1) is 0 Å². The SMILES string of the molecule is c1ccc(-c2ccc(-n3c4ccccc4c4cc5ccccc5c(-c5ccc(-c6nc7ccccc7o6)cc5)c43)cc2)cc1. The normalized spacial score (nSPS) is 11.6. The molecular formula is C41H26N2O. The summed E-state index contributed by atoms with van der Waals surface area (Å²) in [4.78, 5) is 4.73. The summed E-state index contributed by atoms with van der Waals surface area (Å²) < 4.78 is 8.51. The van der Waals surface area contributed by atoms with Crippen molar-refractivity contribution >= 4 is 43.7 Å². The third-order valence-electron chi connectivity index (χ3n) is 8.63. The Morgan fingerprint density at radius 2 is 1.11 bits per heavy atom. The standard InChI is InChI=1S/C41H26N2O/c1-2-10-27(11-3-1)28-22-24-32(25-23-28)43-37-16-8-6-14-34(37)35-26-31-12-4-5-13-33(31)39(40(35)43)29-18-20-30(21-19-29)41-42-36-15-7-9-17-38(36)44-41/h1-26H. The second-order valence-corrected chi connectivity index (χ2v) is 11.2. The molecule has 0 aliphatic rings. The summed E-state index contributed by atoms with van der Waals surface area (Å²) in [6.07, 6.45) is 0. The van der Waals surface area contributed by atoms with E-state index in [1.54, 1.807) is 0 Å². The van der Waals surface area contributed by atoms with Crippen molar-refractivity contribution in [2.75, 3.05) is 0 Å². The maximum Gasteiger partial charge on any atom is 0.227 e. The van der Waals surface area contributed by atoms with Crippen LogP contribution in [0.2, 0.25) is 0 Å². The van der Waals surface area contributed by atoms with E-state index in [9.17, 15) is 0 Å². The van der Waals surface area contributed by atoms with Gasteiger partial charge in [0.25, 0.3) is 0 Å². The molecule has 9 aromatic rings. The predicted octanol–water partition coefficient (Wildman–Crippen LogP) is 11.1. The first kappa shape index (κ1) is 24.6. The van der Waals surface area contributed by atoms with Crippen molar-refractivity contribution in [3.05, 3.63) is 158 Å². The van der Waals surface area contributed by atoms with Gasteiger partial charge in [0.1, 0.15) is 5.52 Å². The molecule has 0 aliphatic heterocycles. The summed E-state index contributed by atoms with van der Waals surface area (Å²) >= 11 is 0. The molecule has 9 rings (SSSR count). The summed E-state index contributed by atoms with van der Waals surface area (Å²) in [6, 6.07) is 55.8. The Kier molecular flexibility index (Phi) is 5.50. The van der Waals surface area contributed by atoms with E-state index in [-0.39, 0.29) is 0 Å². The molecular weight excluding hydrogens is 536 g/mol. The summed E-state index contributed by atoms with van der Waals surface area (Å²) in [5, 5.41) is 4.93. The lowest BCUT2D eigenvalue weighted by Crippen LogP contribution is -1.96. The molecule has 0 spiro atoms. The summed E-state index contributed by atoms with van der Waals surface area (Å²) in [7, 11) is 0. The van der Waals surface area contributed by atoms with Crippen molar-refractivity contribution < 1.29 is 4.42 Å². The van der Waals surface area contributed by atoms with E-state index in [0.29, 0.717) is 5.89 Å². The van der Waals surface area contributed by atoms with E-state index < -0.39 is 0 Å². The zero-order chi connectivity index (χ0) is 29.0. The fourth-order valence-electron chi connectivity index (χ4n) is 6.56. The lowest BCUT2D eigenvalue weighted by Gasteiger charge is -2.15. The number of fused-ring (bicyclic) bond motifs is 5. The highest BCUT2D eigenvalue weighted by Crippen LogP contribution is 2.43. The van der Waals surface area contributed by atoms with Crippen molar-refractivity contribution in [1.29, 1.82) is 0 Å². The van der Waals surface area contributed by atoms with Crippen LogP contribution >= 0.6 is 0 Å². The van der Waals surface area contributed by atoms with Crippen LogP contribution in [0.1, 0.15) is 0 Å². The largest absolute Gasteiger partial charge is 0.436 e. The number of oxazole rings is 1. The summed E-state index contributed by atoms with van der Waals surface area (Å²) in [5.74, 6) is 0.633. The highest BCUT2D eigenvalue weighted by Gasteiger charge is 2.20. The number of aromatic nitrogens is 2. The van der Waals surface area contributed by atoms with Gasteiger partial charge in [0.2, 0.25) is 5.89 Å². The van der Waals surface area contributed by atoms with E-state index in [2.05, 4.69) is 138 Å². The molecule has 0 saturated carbocycles. The van der Waals surface area contributed by atoms with Crippen molar-refractivity contribution in [2.45, 2.75) is 0 Å². The van der Waals surface area contributed by atoms with Crippen LogP contribution in [-0.4, -0.2) is 9.55 Å². The smallest absolute Gasteiger partial charge is 0.227 e. The quantitative estimate of drug-likeness (QED) is 0.214. The van der Waals surface area contributed by atoms with Gasteiger partial charge < -0.3 is 8.98 Å². The lowest BCUT2D eigenvalue weighted by atomic mass is 9.94. The molecule has 3 nitrogen and oxygen atoms in total. The van der Waals surface area contributed by atoms with Crippen LogP contribution in [-0.2, 0) is 0 Å². The molecule has 3 heteroatoms. The Hall–Kier alpha value is -5.93. The number of hydrogen-bond acceptors (Lipinski definition) is 2. The Morgan fingerprint density at radius 3 is 1.93 bits per heavy atom. The van der Waals surface area contributed by atoms with Gasteiger partial charge in [-0.15, -0.1) is 0 Å². The first-order chi connectivity index (χ1) is 21.8. The molecule has 0 unspecified atom stereocenters. The predicted molar refractivity (Wildman–Crippen MR) is 182 cm³/mol. The molecule has 0 N–H and O–H groups in total. The Morgan fingerprint density at radius 1 is 0.477 bits per heavy atom. The third-order valence-corrected chi connectivity index (χ3v) is 8.63. The number of benzene rings is 7. The fraction of sp³-hybridized carbons (Fsp3) is 0. The molecule has 2 heterocycles. The molecule has 0 atom stereocenters. The van der Waals surface area contributed by atoms with Gasteiger partial charge in [0.15, 0.2) is 5.58 Å². The zero-order valence-corrected chi connectivity index (χ0v) is 23.8. The minimum absolute atomic E-state index is 0.633. The fourth-order valence-corrected chi connectivity index (χ4v) is 6.56. The molecule has 0 bridgehead atoms. The van der Waals surface area contributed by atoms with Crippen LogP contribution in [0.25, 0.3) is 83.1 Å². The minimum Gasteiger partial charge on any atom is -0.436 e. The molecule has 7 aromatic carbocycles. The molecule has 206 valence electrons. The molecule has 44 heavy (non-hydrogen) atoms. The summed E-state index contributed by atoms with van der Waals surface area (Å²) in [5.41, 5.74) is 10.9.